The number of para-hydroxylation sites is 1. The Hall–Kier alpha value is -1.16. The number of carbonyl (C=O) groups excluding carboxylic acids is 1. The fourth-order valence-corrected chi connectivity index (χ4v) is 2.53. The van der Waals surface area contributed by atoms with Gasteiger partial charge in [-0.1, -0.05) is 18.2 Å². The van der Waals surface area contributed by atoms with Crippen molar-refractivity contribution in [1.82, 2.24) is 0 Å². The van der Waals surface area contributed by atoms with Crippen molar-refractivity contribution >= 4 is 23.2 Å². The van der Waals surface area contributed by atoms with E-state index in [1.807, 2.05) is 12.1 Å². The van der Waals surface area contributed by atoms with Gasteiger partial charge in [0, 0.05) is 30.3 Å². The maximum absolute atomic E-state index is 13.0. The van der Waals surface area contributed by atoms with Crippen LogP contribution < -0.4 is 5.32 Å². The monoisotopic (exact) mass is 287 g/mol. The van der Waals surface area contributed by atoms with Crippen LogP contribution in [0.3, 0.4) is 0 Å². The number of alkyl halides is 3. The molecule has 0 atom stereocenters. The molecule has 1 amide bonds. The van der Waals surface area contributed by atoms with Gasteiger partial charge in [-0.2, -0.15) is 0 Å². The summed E-state index contributed by atoms with van der Waals surface area (Å²) in [5.74, 6) is -2.82. The maximum Gasteiger partial charge on any atom is 0.248 e. The standard InChI is InChI=1S/C14H16ClF2NO/c15-9-11-3-1-2-4-12(11)18-13(19)10-5-7-14(16,17)8-6-10/h1-4,10H,5-9H2,(H,18,19). The predicted octanol–water partition coefficient (Wildman–Crippen LogP) is 4.19. The summed E-state index contributed by atoms with van der Waals surface area (Å²) in [7, 11) is 0. The van der Waals surface area contributed by atoms with Crippen LogP contribution in [0.25, 0.3) is 0 Å². The third-order valence-corrected chi connectivity index (χ3v) is 3.80. The Morgan fingerprint density at radius 3 is 2.58 bits per heavy atom. The molecule has 1 aromatic carbocycles. The van der Waals surface area contributed by atoms with Crippen LogP contribution in [-0.2, 0) is 10.7 Å². The highest BCUT2D eigenvalue weighted by Gasteiger charge is 2.37. The average Bonchev–Trinajstić information content (AvgIpc) is 2.39. The van der Waals surface area contributed by atoms with Gasteiger partial charge in [-0.05, 0) is 24.5 Å². The van der Waals surface area contributed by atoms with E-state index in [-0.39, 0.29) is 37.5 Å². The normalized spacial score (nSPS) is 19.1. The van der Waals surface area contributed by atoms with Crippen LogP contribution >= 0.6 is 11.6 Å². The number of anilines is 1. The number of nitrogens with one attached hydrogen (secondary N) is 1. The van der Waals surface area contributed by atoms with Gasteiger partial charge in [-0.15, -0.1) is 11.6 Å². The fraction of sp³-hybridized carbons (Fsp3) is 0.500. The first-order valence-electron chi connectivity index (χ1n) is 6.34. The average molecular weight is 288 g/mol. The first-order chi connectivity index (χ1) is 9.02. The van der Waals surface area contributed by atoms with Gasteiger partial charge < -0.3 is 5.32 Å². The van der Waals surface area contributed by atoms with Crippen molar-refractivity contribution in [1.29, 1.82) is 0 Å². The highest BCUT2D eigenvalue weighted by atomic mass is 35.5. The van der Waals surface area contributed by atoms with E-state index < -0.39 is 5.92 Å². The summed E-state index contributed by atoms with van der Waals surface area (Å²) < 4.78 is 26.1. The summed E-state index contributed by atoms with van der Waals surface area (Å²) in [5.41, 5.74) is 1.50. The summed E-state index contributed by atoms with van der Waals surface area (Å²) in [6.07, 6.45) is 0.0637. The summed E-state index contributed by atoms with van der Waals surface area (Å²) in [6.45, 7) is 0. The van der Waals surface area contributed by atoms with Crippen LogP contribution in [0, 0.1) is 5.92 Å². The molecular formula is C14H16ClF2NO. The topological polar surface area (TPSA) is 29.1 Å². The van der Waals surface area contributed by atoms with Crippen LogP contribution in [0.4, 0.5) is 14.5 Å². The zero-order chi connectivity index (χ0) is 13.9. The molecule has 0 spiro atoms. The Morgan fingerprint density at radius 2 is 1.95 bits per heavy atom. The van der Waals surface area contributed by atoms with Gasteiger partial charge in [0.1, 0.15) is 0 Å². The second-order valence-electron chi connectivity index (χ2n) is 4.91. The molecule has 5 heteroatoms. The number of hydrogen-bond donors (Lipinski definition) is 1. The Balaban J connectivity index is 1.98. The van der Waals surface area contributed by atoms with Crippen LogP contribution in [0.1, 0.15) is 31.2 Å². The lowest BCUT2D eigenvalue weighted by Gasteiger charge is -2.27. The summed E-state index contributed by atoms with van der Waals surface area (Å²) >= 11 is 5.79. The second-order valence-corrected chi connectivity index (χ2v) is 5.18. The van der Waals surface area contributed by atoms with E-state index in [2.05, 4.69) is 5.32 Å². The van der Waals surface area contributed by atoms with Crippen molar-refractivity contribution < 1.29 is 13.6 Å². The smallest absolute Gasteiger partial charge is 0.248 e. The lowest BCUT2D eigenvalue weighted by atomic mass is 9.86. The number of halogens is 3. The third kappa shape index (κ3) is 3.66. The lowest BCUT2D eigenvalue weighted by molar-refractivity contribution is -0.124. The first-order valence-corrected chi connectivity index (χ1v) is 6.88. The van der Waals surface area contributed by atoms with Crippen molar-refractivity contribution in [3.05, 3.63) is 29.8 Å². The Morgan fingerprint density at radius 1 is 1.32 bits per heavy atom. The van der Waals surface area contributed by atoms with Gasteiger partial charge in [0.2, 0.25) is 11.8 Å². The van der Waals surface area contributed by atoms with E-state index in [4.69, 9.17) is 11.6 Å². The summed E-state index contributed by atoms with van der Waals surface area (Å²) in [6, 6.07) is 7.25. The van der Waals surface area contributed by atoms with Crippen molar-refractivity contribution in [2.24, 2.45) is 5.92 Å². The number of benzene rings is 1. The lowest BCUT2D eigenvalue weighted by Crippen LogP contribution is -2.32. The predicted molar refractivity (Wildman–Crippen MR) is 71.5 cm³/mol. The number of carbonyl (C=O) groups is 1. The Bertz CT molecular complexity index is 455. The van der Waals surface area contributed by atoms with E-state index in [0.29, 0.717) is 11.6 Å². The van der Waals surface area contributed by atoms with E-state index in [0.717, 1.165) is 5.56 Å². The quantitative estimate of drug-likeness (QED) is 0.830. The van der Waals surface area contributed by atoms with Crippen molar-refractivity contribution in [2.75, 3.05) is 5.32 Å². The van der Waals surface area contributed by atoms with Gasteiger partial charge in [0.15, 0.2) is 0 Å². The minimum atomic E-state index is -2.61. The molecule has 1 fully saturated rings. The van der Waals surface area contributed by atoms with E-state index in [1.165, 1.54) is 0 Å². The van der Waals surface area contributed by atoms with Gasteiger partial charge in [-0.25, -0.2) is 8.78 Å². The van der Waals surface area contributed by atoms with E-state index >= 15 is 0 Å². The highest BCUT2D eigenvalue weighted by molar-refractivity contribution is 6.17. The van der Waals surface area contributed by atoms with Gasteiger partial charge in [0.05, 0.1) is 0 Å². The molecule has 0 heterocycles. The molecule has 0 aromatic heterocycles. The van der Waals surface area contributed by atoms with Crippen molar-refractivity contribution in [3.63, 3.8) is 0 Å². The minimum absolute atomic E-state index is 0.187. The molecule has 1 aliphatic carbocycles. The molecule has 0 unspecified atom stereocenters. The molecular weight excluding hydrogens is 272 g/mol. The third-order valence-electron chi connectivity index (χ3n) is 3.51. The Kier molecular flexibility index (Phi) is 4.40. The minimum Gasteiger partial charge on any atom is -0.326 e. The van der Waals surface area contributed by atoms with Crippen LogP contribution in [-0.4, -0.2) is 11.8 Å². The van der Waals surface area contributed by atoms with Crippen LogP contribution in [0.2, 0.25) is 0 Å². The number of rotatable bonds is 3. The zero-order valence-corrected chi connectivity index (χ0v) is 11.2. The van der Waals surface area contributed by atoms with Gasteiger partial charge in [0.25, 0.3) is 0 Å². The van der Waals surface area contributed by atoms with E-state index in [9.17, 15) is 13.6 Å². The van der Waals surface area contributed by atoms with Crippen LogP contribution in [0.15, 0.2) is 24.3 Å². The molecule has 0 bridgehead atoms. The van der Waals surface area contributed by atoms with Crippen molar-refractivity contribution in [3.8, 4) is 0 Å². The molecule has 1 N–H and O–H groups in total. The highest BCUT2D eigenvalue weighted by Crippen LogP contribution is 2.36. The molecule has 1 aliphatic rings. The molecule has 104 valence electrons. The van der Waals surface area contributed by atoms with Crippen molar-refractivity contribution in [2.45, 2.75) is 37.5 Å². The molecule has 0 radical (unpaired) electrons. The largest absolute Gasteiger partial charge is 0.326 e. The summed E-state index contributed by atoms with van der Waals surface area (Å²) in [5, 5.41) is 2.79. The molecule has 2 nitrogen and oxygen atoms in total. The van der Waals surface area contributed by atoms with Gasteiger partial charge >= 0.3 is 0 Å². The van der Waals surface area contributed by atoms with Gasteiger partial charge in [-0.3, -0.25) is 4.79 Å². The molecule has 0 aliphatic heterocycles. The molecule has 2 rings (SSSR count). The molecule has 1 aromatic rings. The second kappa shape index (κ2) is 5.87. The molecule has 19 heavy (non-hydrogen) atoms. The SMILES string of the molecule is O=C(Nc1ccccc1CCl)C1CCC(F)(F)CC1. The maximum atomic E-state index is 13.0. The Labute approximate surface area is 116 Å². The molecule has 0 saturated heterocycles. The first kappa shape index (κ1) is 14.3. The molecule has 1 saturated carbocycles. The zero-order valence-electron chi connectivity index (χ0n) is 10.5. The fourth-order valence-electron chi connectivity index (χ4n) is 2.30. The van der Waals surface area contributed by atoms with E-state index in [1.54, 1.807) is 12.1 Å². The number of hydrogen-bond acceptors (Lipinski definition) is 1. The summed E-state index contributed by atoms with van der Waals surface area (Å²) in [4.78, 5) is 12.0. The number of amides is 1. The van der Waals surface area contributed by atoms with Crippen LogP contribution in [0.5, 0.6) is 0 Å².